The molecule has 138 valence electrons. The summed E-state index contributed by atoms with van der Waals surface area (Å²) in [5.74, 6) is 1.03. The molecule has 3 amide bonds. The third-order valence-corrected chi connectivity index (χ3v) is 4.38. The topological polar surface area (TPSA) is 111 Å². The number of imide groups is 1. The summed E-state index contributed by atoms with van der Waals surface area (Å²) in [6, 6.07) is 9.90. The van der Waals surface area contributed by atoms with E-state index in [9.17, 15) is 9.59 Å². The van der Waals surface area contributed by atoms with Crippen molar-refractivity contribution in [1.29, 1.82) is 0 Å². The maximum absolute atomic E-state index is 12.8. The summed E-state index contributed by atoms with van der Waals surface area (Å²) in [7, 11) is 1.56. The van der Waals surface area contributed by atoms with Crippen molar-refractivity contribution >= 4 is 11.9 Å². The monoisotopic (exact) mass is 368 g/mol. The van der Waals surface area contributed by atoms with Crippen molar-refractivity contribution in [3.8, 4) is 17.1 Å². The molecule has 0 aliphatic carbocycles. The van der Waals surface area contributed by atoms with Gasteiger partial charge in [0, 0.05) is 5.56 Å². The van der Waals surface area contributed by atoms with Gasteiger partial charge in [0.25, 0.3) is 5.91 Å². The van der Waals surface area contributed by atoms with E-state index in [0.29, 0.717) is 22.9 Å². The largest absolute Gasteiger partial charge is 0.497 e. The van der Waals surface area contributed by atoms with Crippen LogP contribution in [0, 0.1) is 0 Å². The normalized spacial score (nSPS) is 19.4. The highest BCUT2D eigenvalue weighted by Gasteiger charge is 2.51. The molecule has 3 heterocycles. The van der Waals surface area contributed by atoms with Gasteiger partial charge in [0.2, 0.25) is 11.7 Å². The van der Waals surface area contributed by atoms with Crippen molar-refractivity contribution in [2.24, 2.45) is 0 Å². The van der Waals surface area contributed by atoms with E-state index in [0.717, 1.165) is 4.90 Å². The van der Waals surface area contributed by atoms with Crippen LogP contribution in [0.2, 0.25) is 0 Å². The van der Waals surface area contributed by atoms with Gasteiger partial charge in [0.15, 0.2) is 5.54 Å². The smallest absolute Gasteiger partial charge is 0.325 e. The lowest BCUT2D eigenvalue weighted by Gasteiger charge is -2.18. The highest BCUT2D eigenvalue weighted by molar-refractivity contribution is 6.06. The second kappa shape index (κ2) is 6.27. The van der Waals surface area contributed by atoms with Crippen LogP contribution in [0.15, 0.2) is 51.6 Å². The van der Waals surface area contributed by atoms with Gasteiger partial charge in [-0.2, -0.15) is 4.98 Å². The van der Waals surface area contributed by atoms with Crippen molar-refractivity contribution < 1.29 is 23.3 Å². The molecule has 1 unspecified atom stereocenters. The molecule has 3 aromatic rings. The number of rotatable bonds is 5. The number of carbonyl (C=O) groups excluding carboxylic acids is 2. The minimum Gasteiger partial charge on any atom is -0.497 e. The molecule has 1 aliphatic heterocycles. The molecule has 1 fully saturated rings. The Bertz CT molecular complexity index is 997. The first-order chi connectivity index (χ1) is 13.0. The first kappa shape index (κ1) is 16.8. The first-order valence-electron chi connectivity index (χ1n) is 8.16. The van der Waals surface area contributed by atoms with Crippen LogP contribution >= 0.6 is 0 Å². The molecule has 4 rings (SSSR count). The van der Waals surface area contributed by atoms with Gasteiger partial charge in [0.05, 0.1) is 13.4 Å². The number of furan rings is 1. The van der Waals surface area contributed by atoms with Gasteiger partial charge in [0.1, 0.15) is 18.1 Å². The van der Waals surface area contributed by atoms with Gasteiger partial charge in [-0.05, 0) is 31.2 Å². The van der Waals surface area contributed by atoms with Crippen LogP contribution in [0.3, 0.4) is 0 Å². The highest BCUT2D eigenvalue weighted by Crippen LogP contribution is 2.30. The van der Waals surface area contributed by atoms with Gasteiger partial charge in [-0.15, -0.1) is 0 Å². The number of nitrogens with zero attached hydrogens (tertiary/aromatic N) is 3. The third kappa shape index (κ3) is 2.82. The van der Waals surface area contributed by atoms with Crippen LogP contribution in [0.4, 0.5) is 4.79 Å². The minimum absolute atomic E-state index is 0.139. The highest BCUT2D eigenvalue weighted by atomic mass is 16.5. The molecule has 0 saturated carbocycles. The zero-order valence-corrected chi connectivity index (χ0v) is 14.6. The number of methoxy groups -OCH3 is 1. The lowest BCUT2D eigenvalue weighted by atomic mass is 9.99. The summed E-state index contributed by atoms with van der Waals surface area (Å²) >= 11 is 0. The van der Waals surface area contributed by atoms with Crippen molar-refractivity contribution in [2.75, 3.05) is 7.11 Å². The number of hydrogen-bond donors (Lipinski definition) is 1. The predicted molar refractivity (Wildman–Crippen MR) is 91.4 cm³/mol. The first-order valence-corrected chi connectivity index (χ1v) is 8.16. The van der Waals surface area contributed by atoms with Crippen molar-refractivity contribution in [3.63, 3.8) is 0 Å². The Balaban J connectivity index is 1.55. The Morgan fingerprint density at radius 2 is 2.11 bits per heavy atom. The van der Waals surface area contributed by atoms with E-state index in [1.54, 1.807) is 50.4 Å². The number of amides is 3. The van der Waals surface area contributed by atoms with Crippen LogP contribution in [0.1, 0.15) is 18.6 Å². The standard InChI is InChI=1S/C18H16N4O5/c1-18(13-7-4-8-26-13)16(23)22(17(24)20-18)10-14-19-15(21-27-14)11-5-3-6-12(9-11)25-2/h3-9H,10H2,1-2H3,(H,20,24). The molecule has 1 N–H and O–H groups in total. The van der Waals surface area contributed by atoms with Gasteiger partial charge in [-0.25, -0.2) is 4.79 Å². The molecule has 2 aromatic heterocycles. The van der Waals surface area contributed by atoms with E-state index in [1.807, 2.05) is 0 Å². The molecule has 9 nitrogen and oxygen atoms in total. The Morgan fingerprint density at radius 3 is 2.85 bits per heavy atom. The predicted octanol–water partition coefficient (Wildman–Crippen LogP) is 2.31. The molecular formula is C18H16N4O5. The Labute approximate surface area is 153 Å². The second-order valence-electron chi connectivity index (χ2n) is 6.17. The maximum atomic E-state index is 12.8. The maximum Gasteiger partial charge on any atom is 0.325 e. The van der Waals surface area contributed by atoms with E-state index in [1.165, 1.54) is 6.26 Å². The van der Waals surface area contributed by atoms with E-state index < -0.39 is 17.5 Å². The van der Waals surface area contributed by atoms with Crippen molar-refractivity contribution in [1.82, 2.24) is 20.4 Å². The van der Waals surface area contributed by atoms with Gasteiger partial charge in [-0.1, -0.05) is 17.3 Å². The summed E-state index contributed by atoms with van der Waals surface area (Å²) < 4.78 is 15.7. The molecular weight excluding hydrogens is 352 g/mol. The fraction of sp³-hybridized carbons (Fsp3) is 0.222. The van der Waals surface area contributed by atoms with Crippen molar-refractivity contribution in [3.05, 3.63) is 54.3 Å². The second-order valence-corrected chi connectivity index (χ2v) is 6.17. The van der Waals surface area contributed by atoms with E-state index in [-0.39, 0.29) is 12.4 Å². The average molecular weight is 368 g/mol. The number of carbonyl (C=O) groups is 2. The Morgan fingerprint density at radius 1 is 1.26 bits per heavy atom. The zero-order valence-electron chi connectivity index (χ0n) is 14.6. The molecule has 0 radical (unpaired) electrons. The minimum atomic E-state index is -1.27. The number of benzene rings is 1. The molecule has 1 atom stereocenters. The number of hydrogen-bond acceptors (Lipinski definition) is 7. The average Bonchev–Trinajstić information content (AvgIpc) is 3.40. The van der Waals surface area contributed by atoms with Crippen LogP contribution < -0.4 is 10.1 Å². The fourth-order valence-corrected chi connectivity index (χ4v) is 2.90. The number of nitrogens with one attached hydrogen (secondary N) is 1. The fourth-order valence-electron chi connectivity index (χ4n) is 2.90. The van der Waals surface area contributed by atoms with E-state index in [4.69, 9.17) is 13.7 Å². The number of aromatic nitrogens is 2. The van der Waals surface area contributed by atoms with Gasteiger partial charge < -0.3 is 19.0 Å². The summed E-state index contributed by atoms with van der Waals surface area (Å²) in [5.41, 5.74) is -0.571. The Hall–Kier alpha value is -3.62. The SMILES string of the molecule is COc1cccc(-c2noc(CN3C(=O)NC(C)(c4ccco4)C3=O)n2)c1. The number of urea groups is 1. The molecule has 0 bridgehead atoms. The summed E-state index contributed by atoms with van der Waals surface area (Å²) in [6.45, 7) is 1.44. The third-order valence-electron chi connectivity index (χ3n) is 4.38. The summed E-state index contributed by atoms with van der Waals surface area (Å²) in [4.78, 5) is 30.4. The van der Waals surface area contributed by atoms with Crippen molar-refractivity contribution in [2.45, 2.75) is 19.0 Å². The molecule has 1 aromatic carbocycles. The van der Waals surface area contributed by atoms with Crippen LogP contribution in [0.5, 0.6) is 5.75 Å². The lowest BCUT2D eigenvalue weighted by Crippen LogP contribution is -2.40. The van der Waals surface area contributed by atoms with Crippen LogP contribution in [-0.4, -0.2) is 34.1 Å². The van der Waals surface area contributed by atoms with Gasteiger partial charge >= 0.3 is 6.03 Å². The summed E-state index contributed by atoms with van der Waals surface area (Å²) in [6.07, 6.45) is 1.45. The molecule has 1 aliphatic rings. The number of ether oxygens (including phenoxy) is 1. The Kier molecular flexibility index (Phi) is 3.91. The van der Waals surface area contributed by atoms with E-state index >= 15 is 0 Å². The molecule has 0 spiro atoms. The summed E-state index contributed by atoms with van der Waals surface area (Å²) in [5, 5.41) is 6.55. The molecule has 27 heavy (non-hydrogen) atoms. The van der Waals surface area contributed by atoms with Gasteiger partial charge in [-0.3, -0.25) is 9.69 Å². The molecule has 9 heteroatoms. The quantitative estimate of drug-likeness (QED) is 0.688. The lowest BCUT2D eigenvalue weighted by molar-refractivity contribution is -0.132. The molecule has 1 saturated heterocycles. The van der Waals surface area contributed by atoms with Crippen LogP contribution in [-0.2, 0) is 16.9 Å². The van der Waals surface area contributed by atoms with E-state index in [2.05, 4.69) is 15.5 Å². The zero-order chi connectivity index (χ0) is 19.0. The van der Waals surface area contributed by atoms with Crippen LogP contribution in [0.25, 0.3) is 11.4 Å².